The van der Waals surface area contributed by atoms with E-state index in [9.17, 15) is 0 Å². The van der Waals surface area contributed by atoms with Crippen molar-refractivity contribution >= 4 is 6.21 Å². The minimum Gasteiger partial charge on any atom is -0.396 e. The smallest absolute Gasteiger partial charge is 0.0431 e. The Kier molecular flexibility index (Phi) is 6.96. The number of hydrazone groups is 1. The summed E-state index contributed by atoms with van der Waals surface area (Å²) in [6.45, 7) is 0.285. The number of unbranched alkanes of at least 4 members (excludes halogenated alkanes) is 2. The van der Waals surface area contributed by atoms with E-state index in [0.717, 1.165) is 19.3 Å². The van der Waals surface area contributed by atoms with Gasteiger partial charge >= 0.3 is 0 Å². The minimum atomic E-state index is 0.285. The van der Waals surface area contributed by atoms with E-state index >= 15 is 0 Å². The largest absolute Gasteiger partial charge is 0.396 e. The van der Waals surface area contributed by atoms with E-state index in [0.29, 0.717) is 0 Å². The molecule has 0 amide bonds. The van der Waals surface area contributed by atoms with Crippen molar-refractivity contribution in [1.29, 1.82) is 0 Å². The van der Waals surface area contributed by atoms with Crippen LogP contribution in [-0.2, 0) is 0 Å². The summed E-state index contributed by atoms with van der Waals surface area (Å²) in [4.78, 5) is 0. The third kappa shape index (κ3) is 7.43. The third-order valence-corrected chi connectivity index (χ3v) is 0.962. The fourth-order valence-electron chi connectivity index (χ4n) is 0.503. The molecule has 0 atom stereocenters. The number of nitrogens with zero attached hydrogens (tertiary/aromatic N) is 1. The van der Waals surface area contributed by atoms with Gasteiger partial charge in [-0.2, -0.15) is 5.10 Å². The second-order valence-corrected chi connectivity index (χ2v) is 1.75. The molecular formula is C6H14N2O. The lowest BCUT2D eigenvalue weighted by Crippen LogP contribution is -1.93. The van der Waals surface area contributed by atoms with Gasteiger partial charge in [0.25, 0.3) is 0 Å². The maximum absolute atomic E-state index is 8.36. The molecule has 3 heteroatoms. The first kappa shape index (κ1) is 8.43. The highest BCUT2D eigenvalue weighted by molar-refractivity contribution is 5.56. The van der Waals surface area contributed by atoms with Gasteiger partial charge in [-0.25, -0.2) is 0 Å². The zero-order valence-electron chi connectivity index (χ0n) is 5.80. The Morgan fingerprint density at radius 3 is 2.89 bits per heavy atom. The monoisotopic (exact) mass is 130 g/mol. The van der Waals surface area contributed by atoms with Gasteiger partial charge in [0.15, 0.2) is 0 Å². The van der Waals surface area contributed by atoms with Crippen LogP contribution < -0.4 is 5.43 Å². The highest BCUT2D eigenvalue weighted by atomic mass is 16.2. The summed E-state index contributed by atoms with van der Waals surface area (Å²) < 4.78 is 0. The van der Waals surface area contributed by atoms with Gasteiger partial charge in [-0.15, -0.1) is 0 Å². The maximum Gasteiger partial charge on any atom is 0.0431 e. The molecule has 0 aliphatic carbocycles. The molecule has 0 radical (unpaired) electrons. The highest BCUT2D eigenvalue weighted by Crippen LogP contribution is 1.89. The van der Waals surface area contributed by atoms with Crippen LogP contribution in [0.15, 0.2) is 5.10 Å². The Morgan fingerprint density at radius 2 is 2.33 bits per heavy atom. The molecule has 0 aromatic rings. The van der Waals surface area contributed by atoms with Crippen LogP contribution in [-0.4, -0.2) is 25.0 Å². The van der Waals surface area contributed by atoms with Gasteiger partial charge in [-0.3, -0.25) is 0 Å². The van der Waals surface area contributed by atoms with E-state index in [1.807, 2.05) is 6.21 Å². The molecule has 0 saturated carbocycles. The van der Waals surface area contributed by atoms with E-state index in [-0.39, 0.29) is 6.61 Å². The van der Waals surface area contributed by atoms with Gasteiger partial charge in [0, 0.05) is 19.9 Å². The summed E-state index contributed by atoms with van der Waals surface area (Å²) in [5.41, 5.74) is 2.65. The van der Waals surface area contributed by atoms with Gasteiger partial charge in [0.1, 0.15) is 0 Å². The molecule has 0 heterocycles. The van der Waals surface area contributed by atoms with Crippen molar-refractivity contribution in [3.63, 3.8) is 0 Å². The summed E-state index contributed by atoms with van der Waals surface area (Å²) in [5.74, 6) is 0. The molecule has 0 spiro atoms. The van der Waals surface area contributed by atoms with Gasteiger partial charge in [0.2, 0.25) is 0 Å². The van der Waals surface area contributed by atoms with E-state index < -0.39 is 0 Å². The van der Waals surface area contributed by atoms with Crippen LogP contribution >= 0.6 is 0 Å². The van der Waals surface area contributed by atoms with Crippen molar-refractivity contribution < 1.29 is 5.11 Å². The lowest BCUT2D eigenvalue weighted by molar-refractivity contribution is 0.286. The standard InChI is InChI=1S/C6H14N2O/c1-7-8-5-3-2-4-6-9/h5,7,9H,2-4,6H2,1H3/b8-5+. The molecule has 9 heavy (non-hydrogen) atoms. The van der Waals surface area contributed by atoms with Crippen LogP contribution in [0.1, 0.15) is 19.3 Å². The van der Waals surface area contributed by atoms with Gasteiger partial charge in [0.05, 0.1) is 0 Å². The molecule has 0 aromatic carbocycles. The Morgan fingerprint density at radius 1 is 1.56 bits per heavy atom. The second kappa shape index (κ2) is 7.43. The number of hydrogen-bond donors (Lipinski definition) is 2. The molecule has 0 unspecified atom stereocenters. The van der Waals surface area contributed by atoms with Crippen LogP contribution in [0.4, 0.5) is 0 Å². The molecular weight excluding hydrogens is 116 g/mol. The van der Waals surface area contributed by atoms with Gasteiger partial charge in [-0.1, -0.05) is 0 Å². The predicted octanol–water partition coefficient (Wildman–Crippen LogP) is 0.354. The van der Waals surface area contributed by atoms with E-state index in [2.05, 4.69) is 10.5 Å². The zero-order chi connectivity index (χ0) is 6.95. The van der Waals surface area contributed by atoms with Crippen molar-refractivity contribution in [3.8, 4) is 0 Å². The SMILES string of the molecule is CN/N=C/CCCCO. The van der Waals surface area contributed by atoms with Crippen molar-refractivity contribution in [2.45, 2.75) is 19.3 Å². The summed E-state index contributed by atoms with van der Waals surface area (Å²) in [6.07, 6.45) is 4.65. The fourth-order valence-corrected chi connectivity index (χ4v) is 0.503. The number of aliphatic hydroxyl groups excluding tert-OH is 1. The number of rotatable bonds is 5. The Hall–Kier alpha value is -0.570. The Labute approximate surface area is 55.8 Å². The fraction of sp³-hybridized carbons (Fsp3) is 0.833. The summed E-state index contributed by atoms with van der Waals surface area (Å²) in [7, 11) is 1.77. The van der Waals surface area contributed by atoms with Crippen LogP contribution in [0.2, 0.25) is 0 Å². The normalized spacial score (nSPS) is 10.4. The highest BCUT2D eigenvalue weighted by Gasteiger charge is 1.80. The average Bonchev–Trinajstić information content (AvgIpc) is 1.89. The third-order valence-electron chi connectivity index (χ3n) is 0.962. The number of aliphatic hydroxyl groups is 1. The minimum absolute atomic E-state index is 0.285. The molecule has 54 valence electrons. The van der Waals surface area contributed by atoms with Crippen LogP contribution in [0.5, 0.6) is 0 Å². The van der Waals surface area contributed by atoms with Crippen LogP contribution in [0, 0.1) is 0 Å². The molecule has 0 bridgehead atoms. The Bertz CT molecular complexity index is 73.5. The topological polar surface area (TPSA) is 44.6 Å². The molecule has 0 fully saturated rings. The lowest BCUT2D eigenvalue weighted by Gasteiger charge is -1.89. The molecule has 2 N–H and O–H groups in total. The number of nitrogens with one attached hydrogen (secondary N) is 1. The molecule has 0 saturated heterocycles. The van der Waals surface area contributed by atoms with Crippen molar-refractivity contribution in [3.05, 3.63) is 0 Å². The first-order valence-electron chi connectivity index (χ1n) is 3.21. The summed E-state index contributed by atoms with van der Waals surface area (Å²) >= 11 is 0. The van der Waals surface area contributed by atoms with Crippen molar-refractivity contribution in [2.24, 2.45) is 5.10 Å². The average molecular weight is 130 g/mol. The number of hydrogen-bond acceptors (Lipinski definition) is 3. The van der Waals surface area contributed by atoms with Crippen molar-refractivity contribution in [1.82, 2.24) is 5.43 Å². The van der Waals surface area contributed by atoms with Crippen LogP contribution in [0.25, 0.3) is 0 Å². The van der Waals surface area contributed by atoms with E-state index in [4.69, 9.17) is 5.11 Å². The predicted molar refractivity (Wildman–Crippen MR) is 38.5 cm³/mol. The van der Waals surface area contributed by atoms with E-state index in [1.54, 1.807) is 7.05 Å². The van der Waals surface area contributed by atoms with Crippen molar-refractivity contribution in [2.75, 3.05) is 13.7 Å². The molecule has 0 aliphatic rings. The quantitative estimate of drug-likeness (QED) is 0.320. The molecule has 0 rings (SSSR count). The summed E-state index contributed by atoms with van der Waals surface area (Å²) in [5, 5.41) is 12.1. The second-order valence-electron chi connectivity index (χ2n) is 1.75. The van der Waals surface area contributed by atoms with Crippen LogP contribution in [0.3, 0.4) is 0 Å². The molecule has 3 nitrogen and oxygen atoms in total. The maximum atomic E-state index is 8.36. The van der Waals surface area contributed by atoms with Gasteiger partial charge in [-0.05, 0) is 19.3 Å². The van der Waals surface area contributed by atoms with E-state index in [1.165, 1.54) is 0 Å². The molecule has 0 aromatic heterocycles. The first-order chi connectivity index (χ1) is 4.41. The zero-order valence-corrected chi connectivity index (χ0v) is 5.80. The first-order valence-corrected chi connectivity index (χ1v) is 3.21. The Balaban J connectivity index is 2.82. The summed E-state index contributed by atoms with van der Waals surface area (Å²) in [6, 6.07) is 0. The lowest BCUT2D eigenvalue weighted by atomic mass is 10.3. The van der Waals surface area contributed by atoms with Gasteiger partial charge < -0.3 is 10.5 Å². The molecule has 0 aliphatic heterocycles.